The van der Waals surface area contributed by atoms with Gasteiger partial charge in [-0.3, -0.25) is 9.59 Å². The van der Waals surface area contributed by atoms with Crippen LogP contribution in [0.25, 0.3) is 0 Å². The van der Waals surface area contributed by atoms with Crippen LogP contribution in [0.1, 0.15) is 24.2 Å². The number of amides is 3. The average molecular weight is 293 g/mol. The van der Waals surface area contributed by atoms with Crippen molar-refractivity contribution in [3.8, 4) is 0 Å². The zero-order valence-corrected chi connectivity index (χ0v) is 12.0. The maximum Gasteiger partial charge on any atom is 0.323 e. The van der Waals surface area contributed by atoms with E-state index in [-0.39, 0.29) is 12.5 Å². The van der Waals surface area contributed by atoms with Crippen LogP contribution in [-0.2, 0) is 4.79 Å². The number of hydrogen-bond donors (Lipinski definition) is 3. The number of primary amides is 1. The Balaban J connectivity index is 2.75. The fourth-order valence-corrected chi connectivity index (χ4v) is 1.74. The molecule has 0 bridgehead atoms. The van der Waals surface area contributed by atoms with Gasteiger partial charge in [-0.05, 0) is 30.2 Å². The summed E-state index contributed by atoms with van der Waals surface area (Å²) in [6.45, 7) is 3.74. The normalized spacial score (nSPS) is 10.2. The number of nitrogens with one attached hydrogen (secondary N) is 1. The van der Waals surface area contributed by atoms with E-state index in [9.17, 15) is 14.4 Å². The van der Waals surface area contributed by atoms with Crippen molar-refractivity contribution >= 4 is 23.6 Å². The van der Waals surface area contributed by atoms with Gasteiger partial charge in [0.1, 0.15) is 6.54 Å². The van der Waals surface area contributed by atoms with Gasteiger partial charge >= 0.3 is 12.0 Å². The van der Waals surface area contributed by atoms with Gasteiger partial charge in [-0.15, -0.1) is 0 Å². The molecule has 0 aliphatic rings. The summed E-state index contributed by atoms with van der Waals surface area (Å²) in [6, 6.07) is 5.54. The van der Waals surface area contributed by atoms with Gasteiger partial charge in [0.15, 0.2) is 0 Å². The molecule has 1 aromatic rings. The molecular weight excluding hydrogens is 274 g/mol. The molecule has 0 saturated carbocycles. The smallest absolute Gasteiger partial charge is 0.323 e. The van der Waals surface area contributed by atoms with Gasteiger partial charge in [-0.1, -0.05) is 13.8 Å². The number of aliphatic carboxylic acids is 1. The van der Waals surface area contributed by atoms with Crippen LogP contribution in [0.3, 0.4) is 0 Å². The minimum Gasteiger partial charge on any atom is -0.480 e. The summed E-state index contributed by atoms with van der Waals surface area (Å²) in [5.41, 5.74) is 5.92. The first-order chi connectivity index (χ1) is 9.79. The Morgan fingerprint density at radius 2 is 1.81 bits per heavy atom. The average Bonchev–Trinajstić information content (AvgIpc) is 2.37. The fourth-order valence-electron chi connectivity index (χ4n) is 1.74. The number of rotatable bonds is 6. The molecule has 4 N–H and O–H groups in total. The van der Waals surface area contributed by atoms with Gasteiger partial charge in [0, 0.05) is 17.8 Å². The Kier molecular flexibility index (Phi) is 5.71. The van der Waals surface area contributed by atoms with Gasteiger partial charge in [-0.2, -0.15) is 0 Å². The van der Waals surface area contributed by atoms with Crippen molar-refractivity contribution in [1.82, 2.24) is 4.90 Å². The summed E-state index contributed by atoms with van der Waals surface area (Å²) >= 11 is 0. The molecule has 0 aromatic heterocycles. The molecule has 0 spiro atoms. The molecular formula is C14H19N3O4. The Bertz CT molecular complexity index is 526. The third kappa shape index (κ3) is 5.52. The van der Waals surface area contributed by atoms with Crippen LogP contribution < -0.4 is 11.1 Å². The Labute approximate surface area is 122 Å². The van der Waals surface area contributed by atoms with Crippen molar-refractivity contribution in [2.75, 3.05) is 18.4 Å². The first kappa shape index (κ1) is 16.5. The van der Waals surface area contributed by atoms with Crippen LogP contribution in [0.5, 0.6) is 0 Å². The van der Waals surface area contributed by atoms with Crippen LogP contribution in [0.4, 0.5) is 10.5 Å². The first-order valence-corrected chi connectivity index (χ1v) is 6.47. The number of nitrogens with two attached hydrogens (primary N) is 1. The van der Waals surface area contributed by atoms with E-state index >= 15 is 0 Å². The summed E-state index contributed by atoms with van der Waals surface area (Å²) in [6.07, 6.45) is 0. The number of carboxylic acid groups (broad SMARTS) is 1. The number of benzene rings is 1. The predicted molar refractivity (Wildman–Crippen MR) is 78.0 cm³/mol. The highest BCUT2D eigenvalue weighted by molar-refractivity contribution is 5.94. The zero-order chi connectivity index (χ0) is 16.0. The van der Waals surface area contributed by atoms with Crippen molar-refractivity contribution in [2.45, 2.75) is 13.8 Å². The number of urea groups is 1. The lowest BCUT2D eigenvalue weighted by atomic mass is 10.2. The van der Waals surface area contributed by atoms with Crippen LogP contribution in [0.15, 0.2) is 24.3 Å². The van der Waals surface area contributed by atoms with Crippen LogP contribution in [-0.4, -0.2) is 41.0 Å². The minimum atomic E-state index is -1.07. The van der Waals surface area contributed by atoms with Crippen molar-refractivity contribution < 1.29 is 19.5 Å². The third-order valence-corrected chi connectivity index (χ3v) is 2.62. The quantitative estimate of drug-likeness (QED) is 0.735. The minimum absolute atomic E-state index is 0.146. The molecule has 0 atom stereocenters. The number of nitrogens with zero attached hydrogens (tertiary/aromatic N) is 1. The van der Waals surface area contributed by atoms with Gasteiger partial charge in [0.25, 0.3) is 0 Å². The molecule has 0 radical (unpaired) electrons. The Morgan fingerprint density at radius 3 is 2.24 bits per heavy atom. The predicted octanol–water partition coefficient (Wildman–Crippen LogP) is 1.36. The highest BCUT2D eigenvalue weighted by atomic mass is 16.4. The first-order valence-electron chi connectivity index (χ1n) is 6.47. The molecule has 7 heteroatoms. The fraction of sp³-hybridized carbons (Fsp3) is 0.357. The van der Waals surface area contributed by atoms with E-state index in [2.05, 4.69) is 5.32 Å². The monoisotopic (exact) mass is 293 g/mol. The maximum atomic E-state index is 12.1. The Morgan fingerprint density at radius 1 is 1.24 bits per heavy atom. The zero-order valence-electron chi connectivity index (χ0n) is 12.0. The molecule has 1 rings (SSSR count). The highest BCUT2D eigenvalue weighted by Crippen LogP contribution is 2.11. The van der Waals surface area contributed by atoms with E-state index < -0.39 is 17.9 Å². The second kappa shape index (κ2) is 7.28. The van der Waals surface area contributed by atoms with E-state index in [4.69, 9.17) is 10.8 Å². The molecule has 0 unspecified atom stereocenters. The maximum absolute atomic E-state index is 12.1. The van der Waals surface area contributed by atoms with Crippen molar-refractivity contribution in [2.24, 2.45) is 11.7 Å². The van der Waals surface area contributed by atoms with Gasteiger partial charge < -0.3 is 21.1 Å². The number of carbonyl (C=O) groups is 3. The lowest BCUT2D eigenvalue weighted by molar-refractivity contribution is -0.137. The highest BCUT2D eigenvalue weighted by Gasteiger charge is 2.18. The van der Waals surface area contributed by atoms with Gasteiger partial charge in [0.05, 0.1) is 0 Å². The van der Waals surface area contributed by atoms with Crippen molar-refractivity contribution in [3.05, 3.63) is 29.8 Å². The SMILES string of the molecule is CC(C)CN(CC(=O)O)C(=O)Nc1ccc(C(N)=O)cc1. The lowest BCUT2D eigenvalue weighted by Crippen LogP contribution is -2.40. The van der Waals surface area contributed by atoms with E-state index in [0.29, 0.717) is 17.8 Å². The Hall–Kier alpha value is -2.57. The van der Waals surface area contributed by atoms with Crippen molar-refractivity contribution in [1.29, 1.82) is 0 Å². The van der Waals surface area contributed by atoms with E-state index in [1.807, 2.05) is 13.8 Å². The summed E-state index contributed by atoms with van der Waals surface area (Å²) in [4.78, 5) is 35.0. The van der Waals surface area contributed by atoms with Crippen LogP contribution in [0.2, 0.25) is 0 Å². The molecule has 114 valence electrons. The molecule has 21 heavy (non-hydrogen) atoms. The van der Waals surface area contributed by atoms with Crippen LogP contribution >= 0.6 is 0 Å². The summed E-state index contributed by atoms with van der Waals surface area (Å²) in [5.74, 6) is -1.48. The molecule has 0 fully saturated rings. The second-order valence-electron chi connectivity index (χ2n) is 5.04. The molecule has 1 aromatic carbocycles. The van der Waals surface area contributed by atoms with E-state index in [1.165, 1.54) is 29.2 Å². The van der Waals surface area contributed by atoms with E-state index in [0.717, 1.165) is 0 Å². The molecule has 3 amide bonds. The number of carboxylic acids is 1. The summed E-state index contributed by atoms with van der Waals surface area (Å²) < 4.78 is 0. The summed E-state index contributed by atoms with van der Waals surface area (Å²) in [5, 5.41) is 11.4. The van der Waals surface area contributed by atoms with Gasteiger partial charge in [0.2, 0.25) is 5.91 Å². The molecule has 0 saturated heterocycles. The standard InChI is InChI=1S/C14H19N3O4/c1-9(2)7-17(8-12(18)19)14(21)16-11-5-3-10(4-6-11)13(15)20/h3-6,9H,7-8H2,1-2H3,(H2,15,20)(H,16,21)(H,18,19). The molecule has 7 nitrogen and oxygen atoms in total. The molecule has 0 aliphatic heterocycles. The third-order valence-electron chi connectivity index (χ3n) is 2.62. The summed E-state index contributed by atoms with van der Waals surface area (Å²) in [7, 11) is 0. The topological polar surface area (TPSA) is 113 Å². The van der Waals surface area contributed by atoms with Gasteiger partial charge in [-0.25, -0.2) is 4.79 Å². The molecule has 0 heterocycles. The van der Waals surface area contributed by atoms with Crippen LogP contribution in [0, 0.1) is 5.92 Å². The number of hydrogen-bond acceptors (Lipinski definition) is 3. The van der Waals surface area contributed by atoms with Crippen molar-refractivity contribution in [3.63, 3.8) is 0 Å². The number of carbonyl (C=O) groups excluding carboxylic acids is 2. The molecule has 0 aliphatic carbocycles. The number of anilines is 1. The lowest BCUT2D eigenvalue weighted by Gasteiger charge is -2.23. The largest absolute Gasteiger partial charge is 0.480 e. The second-order valence-corrected chi connectivity index (χ2v) is 5.04. The van der Waals surface area contributed by atoms with E-state index in [1.54, 1.807) is 0 Å².